The number of halogens is 1. The number of nitrogens with zero attached hydrogens (tertiary/aromatic N) is 2. The van der Waals surface area contributed by atoms with E-state index in [0.717, 1.165) is 44.7 Å². The minimum Gasteiger partial charge on any atom is -0.494 e. The molecule has 1 aliphatic rings. The van der Waals surface area contributed by atoms with Gasteiger partial charge in [0.05, 0.1) is 7.11 Å². The number of ether oxygens (including phenoxy) is 1. The van der Waals surface area contributed by atoms with Crippen LogP contribution in [0.3, 0.4) is 0 Å². The highest BCUT2D eigenvalue weighted by atomic mass is 19.1. The van der Waals surface area contributed by atoms with Crippen LogP contribution in [0.1, 0.15) is 25.8 Å². The highest BCUT2D eigenvalue weighted by molar-refractivity contribution is 5.30. The van der Waals surface area contributed by atoms with Crippen molar-refractivity contribution in [2.75, 3.05) is 39.9 Å². The van der Waals surface area contributed by atoms with Crippen molar-refractivity contribution in [3.8, 4) is 5.75 Å². The second-order valence-corrected chi connectivity index (χ2v) is 6.76. The van der Waals surface area contributed by atoms with Crippen LogP contribution in [0.25, 0.3) is 0 Å². The molecular formula is C18H29FN2O2. The van der Waals surface area contributed by atoms with Crippen LogP contribution in [-0.4, -0.2) is 60.8 Å². The highest BCUT2D eigenvalue weighted by Gasteiger charge is 2.27. The van der Waals surface area contributed by atoms with E-state index in [0.29, 0.717) is 17.7 Å². The number of hydrogen-bond donors (Lipinski definition) is 1. The zero-order valence-electron chi connectivity index (χ0n) is 14.5. The lowest BCUT2D eigenvalue weighted by Gasteiger charge is -2.42. The van der Waals surface area contributed by atoms with Crippen molar-refractivity contribution in [2.45, 2.75) is 32.9 Å². The minimum absolute atomic E-state index is 0.220. The van der Waals surface area contributed by atoms with Gasteiger partial charge in [-0.3, -0.25) is 9.80 Å². The molecule has 0 radical (unpaired) electrons. The molecule has 1 fully saturated rings. The van der Waals surface area contributed by atoms with Gasteiger partial charge in [0.25, 0.3) is 0 Å². The van der Waals surface area contributed by atoms with E-state index in [-0.39, 0.29) is 12.4 Å². The van der Waals surface area contributed by atoms with Crippen molar-refractivity contribution < 1.29 is 14.2 Å². The molecule has 0 aromatic heterocycles. The van der Waals surface area contributed by atoms with Crippen LogP contribution in [0.2, 0.25) is 0 Å². The van der Waals surface area contributed by atoms with Crippen molar-refractivity contribution in [2.24, 2.45) is 5.92 Å². The second kappa shape index (κ2) is 8.62. The molecule has 23 heavy (non-hydrogen) atoms. The molecule has 1 saturated heterocycles. The van der Waals surface area contributed by atoms with Crippen molar-refractivity contribution in [3.05, 3.63) is 29.6 Å². The molecule has 1 aliphatic heterocycles. The maximum atomic E-state index is 13.5. The summed E-state index contributed by atoms with van der Waals surface area (Å²) in [5.74, 6) is 0.605. The molecule has 2 rings (SSSR count). The molecule has 0 spiro atoms. The maximum absolute atomic E-state index is 13.5. The fourth-order valence-corrected chi connectivity index (χ4v) is 3.29. The smallest absolute Gasteiger partial charge is 0.165 e. The van der Waals surface area contributed by atoms with Crippen LogP contribution in [-0.2, 0) is 6.54 Å². The van der Waals surface area contributed by atoms with Crippen molar-refractivity contribution in [1.29, 1.82) is 0 Å². The normalized spacial score (nSPS) is 20.2. The fraction of sp³-hybridized carbons (Fsp3) is 0.667. The Morgan fingerprint density at radius 3 is 2.78 bits per heavy atom. The number of rotatable bonds is 7. The average molecular weight is 324 g/mol. The molecule has 0 saturated carbocycles. The van der Waals surface area contributed by atoms with Crippen LogP contribution in [0.4, 0.5) is 4.39 Å². The predicted octanol–water partition coefficient (Wildman–Crippen LogP) is 2.36. The van der Waals surface area contributed by atoms with Crippen LogP contribution >= 0.6 is 0 Å². The summed E-state index contributed by atoms with van der Waals surface area (Å²) < 4.78 is 18.6. The molecule has 0 amide bonds. The highest BCUT2D eigenvalue weighted by Crippen LogP contribution is 2.21. The minimum atomic E-state index is -0.323. The molecule has 1 aromatic carbocycles. The third kappa shape index (κ3) is 5.16. The summed E-state index contributed by atoms with van der Waals surface area (Å²) in [4.78, 5) is 4.87. The first-order valence-electron chi connectivity index (χ1n) is 8.43. The Bertz CT molecular complexity index is 496. The first-order valence-corrected chi connectivity index (χ1v) is 8.43. The van der Waals surface area contributed by atoms with Gasteiger partial charge in [-0.1, -0.05) is 19.9 Å². The van der Waals surface area contributed by atoms with E-state index in [1.807, 2.05) is 6.07 Å². The van der Waals surface area contributed by atoms with Gasteiger partial charge in [0.1, 0.15) is 0 Å². The molecule has 1 N–H and O–H groups in total. The number of benzene rings is 1. The summed E-state index contributed by atoms with van der Waals surface area (Å²) >= 11 is 0. The molecule has 5 heteroatoms. The maximum Gasteiger partial charge on any atom is 0.165 e. The Morgan fingerprint density at radius 2 is 2.13 bits per heavy atom. The van der Waals surface area contributed by atoms with Crippen molar-refractivity contribution >= 4 is 0 Å². The summed E-state index contributed by atoms with van der Waals surface area (Å²) in [6, 6.07) is 5.45. The van der Waals surface area contributed by atoms with Crippen molar-refractivity contribution in [1.82, 2.24) is 9.80 Å². The molecule has 0 bridgehead atoms. The lowest BCUT2D eigenvalue weighted by atomic mass is 10.1. The van der Waals surface area contributed by atoms with Crippen LogP contribution < -0.4 is 4.74 Å². The topological polar surface area (TPSA) is 35.9 Å². The van der Waals surface area contributed by atoms with E-state index in [4.69, 9.17) is 4.74 Å². The lowest BCUT2D eigenvalue weighted by molar-refractivity contribution is 0.0476. The first kappa shape index (κ1) is 18.2. The molecule has 130 valence electrons. The monoisotopic (exact) mass is 324 g/mol. The quantitative estimate of drug-likeness (QED) is 0.835. The fourth-order valence-electron chi connectivity index (χ4n) is 3.29. The first-order chi connectivity index (χ1) is 11.0. The van der Waals surface area contributed by atoms with E-state index in [1.54, 1.807) is 6.07 Å². The Labute approximate surface area is 138 Å². The van der Waals surface area contributed by atoms with Crippen LogP contribution in [0, 0.1) is 11.7 Å². The molecule has 1 heterocycles. The average Bonchev–Trinajstić information content (AvgIpc) is 2.51. The van der Waals surface area contributed by atoms with Crippen LogP contribution in [0.15, 0.2) is 18.2 Å². The second-order valence-electron chi connectivity index (χ2n) is 6.76. The van der Waals surface area contributed by atoms with Gasteiger partial charge in [-0.15, -0.1) is 0 Å². The van der Waals surface area contributed by atoms with E-state index >= 15 is 0 Å². The Balaban J connectivity index is 1.99. The zero-order chi connectivity index (χ0) is 16.8. The number of aliphatic hydroxyl groups excluding tert-OH is 1. The van der Waals surface area contributed by atoms with Gasteiger partial charge in [0.15, 0.2) is 11.6 Å². The summed E-state index contributed by atoms with van der Waals surface area (Å²) in [6.07, 6.45) is 0.802. The Kier molecular flexibility index (Phi) is 6.81. The third-order valence-electron chi connectivity index (χ3n) is 4.37. The molecular weight excluding hydrogens is 295 g/mol. The standard InChI is InChI=1S/C18H29FN2O2/c1-14(2)11-21-8-7-20(13-16(21)6-9-22)12-15-4-5-17(19)18(10-15)23-3/h4-5,10,14,16,22H,6-9,11-13H2,1-3H3/t16-/m1/s1. The van der Waals surface area contributed by atoms with Gasteiger partial charge in [-0.05, 0) is 30.0 Å². The van der Waals surface area contributed by atoms with Gasteiger partial charge in [0, 0.05) is 45.4 Å². The van der Waals surface area contributed by atoms with Gasteiger partial charge < -0.3 is 9.84 Å². The largest absolute Gasteiger partial charge is 0.494 e. The summed E-state index contributed by atoms with van der Waals surface area (Å²) in [5.41, 5.74) is 1.06. The number of piperazine rings is 1. The molecule has 0 unspecified atom stereocenters. The molecule has 1 atom stereocenters. The number of methoxy groups -OCH3 is 1. The number of aliphatic hydroxyl groups is 1. The van der Waals surface area contributed by atoms with Gasteiger partial charge in [0.2, 0.25) is 0 Å². The van der Waals surface area contributed by atoms with E-state index in [1.165, 1.54) is 13.2 Å². The summed E-state index contributed by atoms with van der Waals surface area (Å²) in [6.45, 7) is 9.48. The van der Waals surface area contributed by atoms with Crippen molar-refractivity contribution in [3.63, 3.8) is 0 Å². The Morgan fingerprint density at radius 1 is 1.35 bits per heavy atom. The van der Waals surface area contributed by atoms with Crippen LogP contribution in [0.5, 0.6) is 5.75 Å². The lowest BCUT2D eigenvalue weighted by Crippen LogP contribution is -2.53. The summed E-state index contributed by atoms with van der Waals surface area (Å²) in [7, 11) is 1.49. The van der Waals surface area contributed by atoms with E-state index < -0.39 is 0 Å². The molecule has 4 nitrogen and oxygen atoms in total. The molecule has 0 aliphatic carbocycles. The van der Waals surface area contributed by atoms with E-state index in [9.17, 15) is 9.50 Å². The Hall–Kier alpha value is -1.17. The summed E-state index contributed by atoms with van der Waals surface area (Å²) in [5, 5.41) is 9.34. The SMILES string of the molecule is COc1cc(CN2CCN(CC(C)C)[C@H](CCO)C2)ccc1F. The molecule has 1 aromatic rings. The number of hydrogen-bond acceptors (Lipinski definition) is 4. The van der Waals surface area contributed by atoms with Gasteiger partial charge in [-0.25, -0.2) is 4.39 Å². The third-order valence-corrected chi connectivity index (χ3v) is 4.37. The van der Waals surface area contributed by atoms with E-state index in [2.05, 4.69) is 23.6 Å². The zero-order valence-corrected chi connectivity index (χ0v) is 14.5. The predicted molar refractivity (Wildman–Crippen MR) is 90.1 cm³/mol. The van der Waals surface area contributed by atoms with Gasteiger partial charge in [-0.2, -0.15) is 0 Å². The van der Waals surface area contributed by atoms with Gasteiger partial charge >= 0.3 is 0 Å².